The molecule has 31 heteroatoms. The summed E-state index contributed by atoms with van der Waals surface area (Å²) in [5.41, 5.74) is 2.86. The molecule has 10 bridgehead atoms. The summed E-state index contributed by atoms with van der Waals surface area (Å²) in [6, 6.07) is 9.65. The molecule has 4 aliphatic rings. The van der Waals surface area contributed by atoms with Crippen molar-refractivity contribution in [2.45, 2.75) is 103 Å². The molecule has 2 saturated heterocycles. The standard InChI is InChI=1S/C66H76N16O9S6/c1-35(2)50-65-79-53(46(97-65)30-91-5)58(88)68-29-49(84)76-54(55(85)37-12-8-6-9-13-37)64-73-45(33-94-64)62-71-43(31-93-62)52-40(60-72-44(32-92-60)57(87)70-42(28-48(83)67-4)63-78-51(36(3)96-63)59(89)77-50)18-19-41(69-52)61-75-47(34-95-61)74-56(86)38-14-16-39(17-15-38)66(90)82-26-24-81(25-27-82)23-22-80-20-10-7-11-21-80/h6,8-9,12-13,18-19,31-35,38-39,42,50,54-55,85H,7,10-11,14-17,20-30H2,1-5H3,(H,67,83)(H,68,88)(H,70,87)(H,74,86)(H,76,84)(H,77,89)/t38-,39-,42-,50-,54-,55-/m0/s1. The van der Waals surface area contributed by atoms with Crippen LogP contribution in [0.3, 0.4) is 0 Å². The van der Waals surface area contributed by atoms with E-state index in [2.05, 4.69) is 41.7 Å². The lowest BCUT2D eigenvalue weighted by molar-refractivity contribution is -0.139. The van der Waals surface area contributed by atoms with Crippen molar-refractivity contribution in [3.63, 3.8) is 0 Å². The van der Waals surface area contributed by atoms with Crippen LogP contribution in [0.25, 0.3) is 43.4 Å². The third-order valence-electron chi connectivity index (χ3n) is 17.8. The average Bonchev–Trinajstić information content (AvgIpc) is 1.70. The monoisotopic (exact) mass is 1430 g/mol. The smallest absolute Gasteiger partial charge is 0.271 e. The molecular weight excluding hydrogens is 1350 g/mol. The summed E-state index contributed by atoms with van der Waals surface area (Å²) in [6.45, 7) is 12.7. The van der Waals surface area contributed by atoms with Crippen LogP contribution in [0.15, 0.2) is 64.0 Å². The molecule has 3 aliphatic heterocycles. The number of methoxy groups -OCH3 is 1. The van der Waals surface area contributed by atoms with Gasteiger partial charge in [-0.3, -0.25) is 38.5 Å². The minimum Gasteiger partial charge on any atom is -0.386 e. The fourth-order valence-electron chi connectivity index (χ4n) is 12.4. The summed E-state index contributed by atoms with van der Waals surface area (Å²) in [7, 11) is 2.96. The zero-order valence-corrected chi connectivity index (χ0v) is 59.2. The van der Waals surface area contributed by atoms with Gasteiger partial charge in [-0.25, -0.2) is 34.9 Å². The zero-order valence-electron chi connectivity index (χ0n) is 54.3. The summed E-state index contributed by atoms with van der Waals surface area (Å²) in [6.07, 6.45) is 4.89. The second kappa shape index (κ2) is 31.4. The number of rotatable bonds is 14. The van der Waals surface area contributed by atoms with Crippen LogP contribution in [-0.4, -0.2) is 169 Å². The number of piperazine rings is 1. The van der Waals surface area contributed by atoms with Gasteiger partial charge in [0, 0.05) is 97.2 Å². The Balaban J connectivity index is 0.818. The molecule has 7 amide bonds. The number of anilines is 1. The minimum absolute atomic E-state index is 0.00322. The highest BCUT2D eigenvalue weighted by Gasteiger charge is 2.36. The maximum Gasteiger partial charge on any atom is 0.271 e. The highest BCUT2D eigenvalue weighted by Crippen LogP contribution is 2.41. The number of fused-ring (bicyclic) bond motifs is 14. The molecule has 510 valence electrons. The topological polar surface area (TPSA) is 321 Å². The van der Waals surface area contributed by atoms with E-state index in [4.69, 9.17) is 39.6 Å². The molecule has 7 N–H and O–H groups in total. The lowest BCUT2D eigenvalue weighted by Gasteiger charge is -2.38. The van der Waals surface area contributed by atoms with Crippen molar-refractivity contribution in [3.8, 4) is 43.4 Å². The number of piperidine rings is 1. The molecule has 8 aromatic rings. The van der Waals surface area contributed by atoms with Crippen LogP contribution in [0.1, 0.15) is 151 Å². The SMILES string of the molecule is CNC(=O)C[C@@H]1NC(=O)c2csc(n2)-c2ccc(-c3nc(NC(=O)[C@H]4CC[C@H](C(=O)N5CCN(CCN6CCCCC6)CC5)CC4)cs3)nc2-c2csc(n2)-c2csc(n2)[C@H]([C@@H](O)c2ccccc2)NC(=O)CNC(=O)c2nc(sc2COC)[C@H](C(C)C)NC(=O)c2nc1sc2C. The van der Waals surface area contributed by atoms with Crippen molar-refractivity contribution in [2.75, 3.05) is 78.4 Å². The number of aromatic nitrogens is 7. The molecule has 4 atom stereocenters. The van der Waals surface area contributed by atoms with E-state index in [1.807, 2.05) is 36.3 Å². The van der Waals surface area contributed by atoms with Crippen LogP contribution in [0.4, 0.5) is 5.82 Å². The van der Waals surface area contributed by atoms with Crippen molar-refractivity contribution >= 4 is 115 Å². The number of hydrogen-bond donors (Lipinski definition) is 7. The van der Waals surface area contributed by atoms with Gasteiger partial charge >= 0.3 is 0 Å². The molecule has 10 heterocycles. The predicted octanol–water partition coefficient (Wildman–Crippen LogP) is 8.69. The first-order valence-corrected chi connectivity index (χ1v) is 37.6. The van der Waals surface area contributed by atoms with Gasteiger partial charge in [0.05, 0.1) is 42.2 Å². The number of carbonyl (C=O) groups excluding carboxylic acids is 7. The van der Waals surface area contributed by atoms with Gasteiger partial charge in [0.1, 0.15) is 82.2 Å². The molecule has 7 aromatic heterocycles. The lowest BCUT2D eigenvalue weighted by Crippen LogP contribution is -2.52. The van der Waals surface area contributed by atoms with Crippen LogP contribution in [0.5, 0.6) is 0 Å². The number of thiazole rings is 6. The number of benzene rings is 1. The Bertz CT molecular complexity index is 4140. The highest BCUT2D eigenvalue weighted by molar-refractivity contribution is 7.15. The quantitative estimate of drug-likeness (QED) is 0.0535. The number of aliphatic hydroxyl groups excluding tert-OH is 1. The van der Waals surface area contributed by atoms with Crippen molar-refractivity contribution < 1.29 is 43.4 Å². The van der Waals surface area contributed by atoms with E-state index in [-0.39, 0.29) is 59.7 Å². The number of carbonyl (C=O) groups is 7. The number of nitrogens with zero attached hydrogens (tertiary/aromatic N) is 10. The van der Waals surface area contributed by atoms with E-state index in [0.29, 0.717) is 105 Å². The second-order valence-electron chi connectivity index (χ2n) is 24.8. The third kappa shape index (κ3) is 16.4. The largest absolute Gasteiger partial charge is 0.386 e. The van der Waals surface area contributed by atoms with Gasteiger partial charge in [0.2, 0.25) is 23.6 Å². The van der Waals surface area contributed by atoms with Gasteiger partial charge in [0.15, 0.2) is 0 Å². The molecule has 1 saturated carbocycles. The van der Waals surface area contributed by atoms with Gasteiger partial charge in [-0.2, -0.15) is 0 Å². The highest BCUT2D eigenvalue weighted by atomic mass is 32.1. The number of aryl methyl sites for hydroxylation is 1. The first kappa shape index (κ1) is 69.2. The number of amides is 7. The van der Waals surface area contributed by atoms with Crippen LogP contribution in [-0.2, 0) is 30.5 Å². The molecule has 3 fully saturated rings. The summed E-state index contributed by atoms with van der Waals surface area (Å²) in [5, 5.41) is 38.7. The van der Waals surface area contributed by atoms with E-state index in [0.717, 1.165) is 50.6 Å². The number of ether oxygens (including phenoxy) is 1. The molecule has 0 unspecified atom stereocenters. The molecule has 25 nitrogen and oxygen atoms in total. The predicted molar refractivity (Wildman–Crippen MR) is 374 cm³/mol. The van der Waals surface area contributed by atoms with Gasteiger partial charge in [-0.05, 0) is 82.2 Å². The Hall–Kier alpha value is -7.72. The Morgan fingerprint density at radius 2 is 1.32 bits per heavy atom. The Morgan fingerprint density at radius 3 is 2.06 bits per heavy atom. The van der Waals surface area contributed by atoms with Gasteiger partial charge in [-0.15, -0.1) is 68.0 Å². The molecule has 0 radical (unpaired) electrons. The zero-order chi connectivity index (χ0) is 67.9. The number of aliphatic hydroxyl groups is 1. The fourth-order valence-corrected chi connectivity index (χ4v) is 17.9. The summed E-state index contributed by atoms with van der Waals surface area (Å²) in [5.74, 6) is -3.03. The van der Waals surface area contributed by atoms with Crippen LogP contribution in [0, 0.1) is 24.7 Å². The first-order valence-electron chi connectivity index (χ1n) is 32.4. The maximum atomic E-state index is 14.4. The average molecular weight is 1430 g/mol. The molecular formula is C66H76N16O9S6. The molecule has 1 aliphatic carbocycles. The molecule has 1 aromatic carbocycles. The van der Waals surface area contributed by atoms with Crippen molar-refractivity contribution in [3.05, 3.63) is 111 Å². The number of hydrogen-bond acceptors (Lipinski definition) is 24. The second-order valence-corrected chi connectivity index (χ2v) is 30.6. The number of pyridine rings is 1. The Morgan fingerprint density at radius 1 is 0.639 bits per heavy atom. The Kier molecular flexibility index (Phi) is 22.4. The molecule has 12 rings (SSSR count). The number of nitrogens with one attached hydrogen (secondary N) is 6. The minimum atomic E-state index is -1.28. The van der Waals surface area contributed by atoms with E-state index < -0.39 is 60.3 Å². The van der Waals surface area contributed by atoms with E-state index >= 15 is 0 Å². The van der Waals surface area contributed by atoms with Crippen LogP contribution < -0.4 is 31.9 Å². The van der Waals surface area contributed by atoms with E-state index in [1.165, 1.54) is 103 Å². The van der Waals surface area contributed by atoms with E-state index in [1.54, 1.807) is 53.4 Å². The lowest BCUT2D eigenvalue weighted by atomic mass is 9.81. The number of likely N-dealkylation sites (tertiary alicyclic amines) is 1. The van der Waals surface area contributed by atoms with Gasteiger partial charge < -0.3 is 51.5 Å². The van der Waals surface area contributed by atoms with Crippen molar-refractivity contribution in [1.82, 2.24) is 76.2 Å². The van der Waals surface area contributed by atoms with Crippen molar-refractivity contribution in [2.24, 2.45) is 17.8 Å². The van der Waals surface area contributed by atoms with Gasteiger partial charge in [-0.1, -0.05) is 50.6 Å². The molecule has 0 spiro atoms. The van der Waals surface area contributed by atoms with Crippen LogP contribution >= 0.6 is 68.0 Å². The van der Waals surface area contributed by atoms with Gasteiger partial charge in [0.25, 0.3) is 17.7 Å². The first-order chi connectivity index (χ1) is 47.0. The summed E-state index contributed by atoms with van der Waals surface area (Å²) >= 11 is 7.32. The molecule has 97 heavy (non-hydrogen) atoms. The van der Waals surface area contributed by atoms with E-state index in [9.17, 15) is 38.7 Å². The van der Waals surface area contributed by atoms with Crippen molar-refractivity contribution in [1.29, 1.82) is 0 Å². The third-order valence-corrected chi connectivity index (χ3v) is 23.5. The van der Waals surface area contributed by atoms with Crippen LogP contribution in [0.2, 0.25) is 0 Å². The summed E-state index contributed by atoms with van der Waals surface area (Å²) < 4.78 is 5.47. The summed E-state index contributed by atoms with van der Waals surface area (Å²) in [4.78, 5) is 140. The maximum absolute atomic E-state index is 14.4. The normalized spacial score (nSPS) is 20.5. The fraction of sp³-hybridized carbons (Fsp3) is 0.455. The Labute approximate surface area is 584 Å².